The Morgan fingerprint density at radius 3 is 2.63 bits per heavy atom. The summed E-state index contributed by atoms with van der Waals surface area (Å²) in [6, 6.07) is 16.4. The van der Waals surface area contributed by atoms with E-state index in [2.05, 4.69) is 34.2 Å². The van der Waals surface area contributed by atoms with Gasteiger partial charge in [-0.2, -0.15) is 0 Å². The minimum Gasteiger partial charge on any atom is -0.457 e. The van der Waals surface area contributed by atoms with Crippen molar-refractivity contribution in [1.82, 2.24) is 5.32 Å². The number of para-hydroxylation sites is 1. The van der Waals surface area contributed by atoms with Gasteiger partial charge in [-0.15, -0.1) is 0 Å². The first-order valence-electron chi connectivity index (χ1n) is 6.44. The molecule has 1 unspecified atom stereocenters. The molecule has 2 aromatic rings. The van der Waals surface area contributed by atoms with E-state index in [9.17, 15) is 0 Å². The van der Waals surface area contributed by atoms with Crippen LogP contribution in [-0.4, -0.2) is 7.05 Å². The molecule has 0 aliphatic rings. The lowest BCUT2D eigenvalue weighted by molar-refractivity contribution is 0.458. The third kappa shape index (κ3) is 3.58. The zero-order valence-corrected chi connectivity index (χ0v) is 12.8. The van der Waals surface area contributed by atoms with E-state index in [1.54, 1.807) is 0 Å². The Labute approximate surface area is 122 Å². The minimum atomic E-state index is 0.309. The van der Waals surface area contributed by atoms with Crippen LogP contribution in [-0.2, 0) is 0 Å². The van der Waals surface area contributed by atoms with Crippen molar-refractivity contribution >= 4 is 15.9 Å². The Morgan fingerprint density at radius 1 is 1.16 bits per heavy atom. The van der Waals surface area contributed by atoms with E-state index in [4.69, 9.17) is 4.74 Å². The van der Waals surface area contributed by atoms with Crippen LogP contribution in [0.2, 0.25) is 0 Å². The van der Waals surface area contributed by atoms with Crippen LogP contribution < -0.4 is 10.1 Å². The predicted molar refractivity (Wildman–Crippen MR) is 82.7 cm³/mol. The average Bonchev–Trinajstić information content (AvgIpc) is 2.42. The maximum atomic E-state index is 6.00. The fourth-order valence-corrected chi connectivity index (χ4v) is 2.48. The standard InChI is InChI=1S/C16H18BrNO/c1-3-15(18-2)14-9-4-5-10-16(14)19-13-8-6-7-12(17)11-13/h4-11,15,18H,3H2,1-2H3. The highest BCUT2D eigenvalue weighted by Crippen LogP contribution is 2.31. The molecular formula is C16H18BrNO. The number of nitrogens with one attached hydrogen (secondary N) is 1. The van der Waals surface area contributed by atoms with Gasteiger partial charge >= 0.3 is 0 Å². The molecule has 0 bridgehead atoms. The molecule has 0 fully saturated rings. The third-order valence-corrected chi connectivity index (χ3v) is 3.57. The minimum absolute atomic E-state index is 0.309. The Balaban J connectivity index is 2.30. The van der Waals surface area contributed by atoms with Gasteiger partial charge in [0.15, 0.2) is 0 Å². The van der Waals surface area contributed by atoms with Crippen LogP contribution in [0.1, 0.15) is 24.9 Å². The molecule has 100 valence electrons. The highest BCUT2D eigenvalue weighted by atomic mass is 79.9. The summed E-state index contributed by atoms with van der Waals surface area (Å²) in [7, 11) is 1.98. The van der Waals surface area contributed by atoms with Gasteiger partial charge in [0.2, 0.25) is 0 Å². The Hall–Kier alpha value is -1.32. The summed E-state index contributed by atoms with van der Waals surface area (Å²) in [5.74, 6) is 1.74. The molecule has 1 N–H and O–H groups in total. The Morgan fingerprint density at radius 2 is 1.95 bits per heavy atom. The molecule has 0 radical (unpaired) electrons. The zero-order chi connectivity index (χ0) is 13.7. The van der Waals surface area contributed by atoms with Crippen LogP contribution in [0.15, 0.2) is 53.0 Å². The third-order valence-electron chi connectivity index (χ3n) is 3.08. The van der Waals surface area contributed by atoms with E-state index in [1.165, 1.54) is 5.56 Å². The van der Waals surface area contributed by atoms with Crippen LogP contribution in [0.4, 0.5) is 0 Å². The molecule has 0 saturated carbocycles. The molecule has 0 aliphatic carbocycles. The zero-order valence-electron chi connectivity index (χ0n) is 11.2. The summed E-state index contributed by atoms with van der Waals surface area (Å²) < 4.78 is 7.02. The van der Waals surface area contributed by atoms with E-state index in [-0.39, 0.29) is 0 Å². The first-order chi connectivity index (χ1) is 9.24. The van der Waals surface area contributed by atoms with Gasteiger partial charge in [0.05, 0.1) is 0 Å². The maximum absolute atomic E-state index is 6.00. The van der Waals surface area contributed by atoms with Crippen molar-refractivity contribution in [2.45, 2.75) is 19.4 Å². The maximum Gasteiger partial charge on any atom is 0.132 e. The van der Waals surface area contributed by atoms with E-state index >= 15 is 0 Å². The summed E-state index contributed by atoms with van der Waals surface area (Å²) in [6.45, 7) is 2.16. The first-order valence-corrected chi connectivity index (χ1v) is 7.23. The van der Waals surface area contributed by atoms with Crippen LogP contribution in [0.25, 0.3) is 0 Å². The molecule has 2 aromatic carbocycles. The van der Waals surface area contributed by atoms with Gasteiger partial charge in [0, 0.05) is 16.1 Å². The van der Waals surface area contributed by atoms with E-state index < -0.39 is 0 Å². The van der Waals surface area contributed by atoms with E-state index in [0.29, 0.717) is 6.04 Å². The molecule has 0 aromatic heterocycles. The molecule has 0 heterocycles. The molecule has 2 rings (SSSR count). The van der Waals surface area contributed by atoms with Crippen LogP contribution in [0, 0.1) is 0 Å². The fourth-order valence-electron chi connectivity index (χ4n) is 2.10. The Bertz CT molecular complexity index is 538. The van der Waals surface area contributed by atoms with Crippen molar-refractivity contribution in [1.29, 1.82) is 0 Å². The monoisotopic (exact) mass is 319 g/mol. The van der Waals surface area contributed by atoms with Crippen molar-refractivity contribution in [3.05, 3.63) is 58.6 Å². The first kappa shape index (κ1) is 14.1. The lowest BCUT2D eigenvalue weighted by Crippen LogP contribution is -2.15. The lowest BCUT2D eigenvalue weighted by atomic mass is 10.0. The van der Waals surface area contributed by atoms with Gasteiger partial charge in [-0.1, -0.05) is 47.1 Å². The number of benzene rings is 2. The molecule has 2 nitrogen and oxygen atoms in total. The molecule has 19 heavy (non-hydrogen) atoms. The van der Waals surface area contributed by atoms with Gasteiger partial charge in [-0.3, -0.25) is 0 Å². The number of hydrogen-bond donors (Lipinski definition) is 1. The van der Waals surface area contributed by atoms with Gasteiger partial charge in [-0.05, 0) is 37.7 Å². The van der Waals surface area contributed by atoms with Crippen molar-refractivity contribution in [3.8, 4) is 11.5 Å². The molecule has 0 aliphatic heterocycles. The summed E-state index contributed by atoms with van der Waals surface area (Å²) in [5.41, 5.74) is 1.19. The molecule has 0 spiro atoms. The lowest BCUT2D eigenvalue weighted by Gasteiger charge is -2.18. The smallest absolute Gasteiger partial charge is 0.132 e. The predicted octanol–water partition coefficient (Wildman–Crippen LogP) is 4.91. The normalized spacial score (nSPS) is 12.2. The Kier molecular flexibility index (Phi) is 5.00. The van der Waals surface area contributed by atoms with Crippen LogP contribution in [0.5, 0.6) is 11.5 Å². The van der Waals surface area contributed by atoms with Crippen molar-refractivity contribution in [2.24, 2.45) is 0 Å². The summed E-state index contributed by atoms with van der Waals surface area (Å²) in [6.07, 6.45) is 1.02. The molecule has 0 amide bonds. The van der Waals surface area contributed by atoms with Crippen LogP contribution >= 0.6 is 15.9 Å². The van der Waals surface area contributed by atoms with Gasteiger partial charge < -0.3 is 10.1 Å². The molecule has 0 saturated heterocycles. The van der Waals surface area contributed by atoms with Crippen LogP contribution in [0.3, 0.4) is 0 Å². The molecular weight excluding hydrogens is 302 g/mol. The second kappa shape index (κ2) is 6.73. The number of rotatable bonds is 5. The molecule has 1 atom stereocenters. The number of hydrogen-bond acceptors (Lipinski definition) is 2. The van der Waals surface area contributed by atoms with E-state index in [0.717, 1.165) is 22.4 Å². The van der Waals surface area contributed by atoms with Gasteiger partial charge in [-0.25, -0.2) is 0 Å². The average molecular weight is 320 g/mol. The summed E-state index contributed by atoms with van der Waals surface area (Å²) in [5, 5.41) is 3.32. The second-order valence-corrected chi connectivity index (χ2v) is 5.26. The fraction of sp³-hybridized carbons (Fsp3) is 0.250. The summed E-state index contributed by atoms with van der Waals surface area (Å²) >= 11 is 3.46. The van der Waals surface area contributed by atoms with Crippen molar-refractivity contribution in [2.75, 3.05) is 7.05 Å². The highest BCUT2D eigenvalue weighted by molar-refractivity contribution is 9.10. The number of halogens is 1. The molecule has 3 heteroatoms. The quantitative estimate of drug-likeness (QED) is 0.845. The summed E-state index contributed by atoms with van der Waals surface area (Å²) in [4.78, 5) is 0. The van der Waals surface area contributed by atoms with Gasteiger partial charge in [0.1, 0.15) is 11.5 Å². The second-order valence-electron chi connectivity index (χ2n) is 4.35. The van der Waals surface area contributed by atoms with Crippen molar-refractivity contribution < 1.29 is 4.74 Å². The number of ether oxygens (including phenoxy) is 1. The SMILES string of the molecule is CCC(NC)c1ccccc1Oc1cccc(Br)c1. The largest absolute Gasteiger partial charge is 0.457 e. The highest BCUT2D eigenvalue weighted by Gasteiger charge is 2.12. The topological polar surface area (TPSA) is 21.3 Å². The van der Waals surface area contributed by atoms with E-state index in [1.807, 2.05) is 49.5 Å². The van der Waals surface area contributed by atoms with Crippen molar-refractivity contribution in [3.63, 3.8) is 0 Å². The van der Waals surface area contributed by atoms with Gasteiger partial charge in [0.25, 0.3) is 0 Å².